The van der Waals surface area contributed by atoms with E-state index in [4.69, 9.17) is 4.74 Å². The summed E-state index contributed by atoms with van der Waals surface area (Å²) in [6.45, 7) is 0.693. The Bertz CT molecular complexity index is 1490. The normalized spacial score (nSPS) is 18.4. The number of pyridine rings is 1. The molecule has 1 aliphatic rings. The number of nitrogens with one attached hydrogen (secondary N) is 2. The zero-order valence-corrected chi connectivity index (χ0v) is 21.7. The molecule has 0 spiro atoms. The molecule has 0 aliphatic carbocycles. The van der Waals surface area contributed by atoms with E-state index in [1.807, 2.05) is 6.07 Å². The monoisotopic (exact) mass is 541 g/mol. The first-order valence-electron chi connectivity index (χ1n) is 12.3. The van der Waals surface area contributed by atoms with Gasteiger partial charge in [-0.2, -0.15) is 10.2 Å². The van der Waals surface area contributed by atoms with Crippen molar-refractivity contribution < 1.29 is 23.4 Å². The Morgan fingerprint density at radius 1 is 1.33 bits per heavy atom. The molecule has 0 saturated carbocycles. The van der Waals surface area contributed by atoms with Crippen molar-refractivity contribution in [3.05, 3.63) is 46.4 Å². The van der Waals surface area contributed by atoms with Crippen LogP contribution in [0.4, 0.5) is 26.2 Å². The van der Waals surface area contributed by atoms with Gasteiger partial charge in [0.2, 0.25) is 5.95 Å². The number of alkyl halides is 2. The Balaban J connectivity index is 1.64. The number of hydrogen-bond donors (Lipinski definition) is 3. The van der Waals surface area contributed by atoms with E-state index < -0.39 is 23.3 Å². The van der Waals surface area contributed by atoms with Gasteiger partial charge >= 0.3 is 0 Å². The number of aliphatic hydroxyl groups is 1. The number of fused-ring (bicyclic) bond motifs is 1. The van der Waals surface area contributed by atoms with Crippen molar-refractivity contribution in [1.82, 2.24) is 19.9 Å². The molecule has 2 aromatic heterocycles. The fraction of sp³-hybridized carbons (Fsp3) is 0.423. The number of benzene rings is 1. The second-order valence-corrected chi connectivity index (χ2v) is 9.47. The molecule has 206 valence electrons. The highest BCUT2D eigenvalue weighted by Crippen LogP contribution is 2.41. The lowest BCUT2D eigenvalue weighted by molar-refractivity contribution is -0.122. The number of halogens is 2. The molecule has 1 saturated heterocycles. The van der Waals surface area contributed by atoms with Gasteiger partial charge in [-0.3, -0.25) is 9.59 Å². The average molecular weight is 542 g/mol. The molecule has 39 heavy (non-hydrogen) atoms. The molecule has 1 aliphatic heterocycles. The van der Waals surface area contributed by atoms with E-state index in [0.29, 0.717) is 16.6 Å². The van der Waals surface area contributed by atoms with E-state index in [1.165, 1.54) is 30.8 Å². The van der Waals surface area contributed by atoms with Crippen LogP contribution in [-0.4, -0.2) is 64.8 Å². The zero-order chi connectivity index (χ0) is 28.3. The molecule has 0 radical (unpaired) electrons. The van der Waals surface area contributed by atoms with Gasteiger partial charge in [0.25, 0.3) is 17.4 Å². The fourth-order valence-corrected chi connectivity index (χ4v) is 4.66. The summed E-state index contributed by atoms with van der Waals surface area (Å²) in [6, 6.07) is 8.74. The molecule has 4 rings (SSSR count). The predicted octanol–water partition coefficient (Wildman–Crippen LogP) is 2.16. The van der Waals surface area contributed by atoms with Crippen LogP contribution >= 0.6 is 0 Å². The number of ether oxygens (including phenoxy) is 1. The quantitative estimate of drug-likeness (QED) is 0.391. The number of aromatic nitrogens is 3. The average Bonchev–Trinajstić information content (AvgIpc) is 2.92. The molecule has 11 nitrogen and oxygen atoms in total. The number of likely N-dealkylation sites (N-methyl/N-ethyl adjacent to an activating group) is 1. The van der Waals surface area contributed by atoms with Gasteiger partial charge in [0.1, 0.15) is 11.6 Å². The minimum Gasteiger partial charge on any atom is -0.478 e. The van der Waals surface area contributed by atoms with Crippen LogP contribution < -0.4 is 25.8 Å². The summed E-state index contributed by atoms with van der Waals surface area (Å²) in [6.07, 6.45) is 1.26. The van der Waals surface area contributed by atoms with Crippen molar-refractivity contribution >= 4 is 34.3 Å². The van der Waals surface area contributed by atoms with Gasteiger partial charge in [-0.1, -0.05) is 6.92 Å². The number of nitrogens with zero attached hydrogens (tertiary/aromatic N) is 5. The van der Waals surface area contributed by atoms with Crippen LogP contribution in [0.1, 0.15) is 18.9 Å². The molecule has 3 aromatic rings. The summed E-state index contributed by atoms with van der Waals surface area (Å²) in [5, 5.41) is 25.1. The fourth-order valence-electron chi connectivity index (χ4n) is 4.66. The first-order chi connectivity index (χ1) is 18.6. The van der Waals surface area contributed by atoms with E-state index in [9.17, 15) is 28.7 Å². The Morgan fingerprint density at radius 3 is 2.79 bits per heavy atom. The highest BCUT2D eigenvalue weighted by atomic mass is 19.3. The Hall–Kier alpha value is -4.31. The first kappa shape index (κ1) is 27.7. The van der Waals surface area contributed by atoms with E-state index in [0.717, 1.165) is 0 Å². The number of carbonyl (C=O) groups excluding carboxylic acids is 1. The van der Waals surface area contributed by atoms with Gasteiger partial charge in [0.15, 0.2) is 18.2 Å². The third-order valence-electron chi connectivity index (χ3n) is 6.89. The van der Waals surface area contributed by atoms with Gasteiger partial charge in [-0.25, -0.2) is 13.8 Å². The number of amides is 1. The van der Waals surface area contributed by atoms with E-state index in [1.54, 1.807) is 30.1 Å². The lowest BCUT2D eigenvalue weighted by Gasteiger charge is -2.43. The maximum atomic E-state index is 14.7. The van der Waals surface area contributed by atoms with Crippen LogP contribution in [0.25, 0.3) is 10.9 Å². The third kappa shape index (κ3) is 5.61. The number of hydrogen-bond acceptors (Lipinski definition) is 9. The minimum atomic E-state index is -2.95. The Labute approximate surface area is 223 Å². The van der Waals surface area contributed by atoms with Crippen molar-refractivity contribution in [2.45, 2.75) is 19.3 Å². The highest BCUT2D eigenvalue weighted by Gasteiger charge is 2.49. The molecule has 1 aromatic carbocycles. The molecular weight excluding hydrogens is 512 g/mol. The van der Waals surface area contributed by atoms with Gasteiger partial charge in [-0.05, 0) is 30.7 Å². The summed E-state index contributed by atoms with van der Waals surface area (Å²) >= 11 is 0. The summed E-state index contributed by atoms with van der Waals surface area (Å²) in [4.78, 5) is 34.5. The summed E-state index contributed by atoms with van der Waals surface area (Å²) in [7, 11) is 3.06. The van der Waals surface area contributed by atoms with Crippen LogP contribution in [-0.2, 0) is 11.8 Å². The van der Waals surface area contributed by atoms with Gasteiger partial charge in [0, 0.05) is 56.7 Å². The molecule has 1 amide bonds. The third-order valence-corrected chi connectivity index (χ3v) is 6.89. The molecule has 13 heteroatoms. The van der Waals surface area contributed by atoms with E-state index >= 15 is 0 Å². The predicted molar refractivity (Wildman–Crippen MR) is 140 cm³/mol. The van der Waals surface area contributed by atoms with Crippen molar-refractivity contribution in [1.29, 1.82) is 5.26 Å². The summed E-state index contributed by atoms with van der Waals surface area (Å²) in [5.74, 6) is -5.04. The maximum Gasteiger partial charge on any atom is 0.293 e. The SMILES string of the molecule is CNC(=O)COc1cc2cc(Nc3ncc(C#N)c(N4C[C@H](CCO)C(F)(F)[C@H](C)C4)n3)ccc2n(C)c1=O. The topological polar surface area (TPSA) is 145 Å². The summed E-state index contributed by atoms with van der Waals surface area (Å²) < 4.78 is 36.2. The molecule has 2 atom stereocenters. The lowest BCUT2D eigenvalue weighted by atomic mass is 9.84. The summed E-state index contributed by atoms with van der Waals surface area (Å²) in [5.41, 5.74) is 0.934. The zero-order valence-electron chi connectivity index (χ0n) is 21.7. The maximum absolute atomic E-state index is 14.7. The number of nitriles is 1. The highest BCUT2D eigenvalue weighted by molar-refractivity contribution is 5.85. The minimum absolute atomic E-state index is 0.0103. The Kier molecular flexibility index (Phi) is 7.96. The second kappa shape index (κ2) is 11.2. The molecule has 3 N–H and O–H groups in total. The number of piperidine rings is 1. The van der Waals surface area contributed by atoms with Crippen LogP contribution in [0.15, 0.2) is 35.3 Å². The van der Waals surface area contributed by atoms with Crippen molar-refractivity contribution in [2.24, 2.45) is 18.9 Å². The lowest BCUT2D eigenvalue weighted by Crippen LogP contribution is -2.53. The molecule has 0 unspecified atom stereocenters. The van der Waals surface area contributed by atoms with Crippen LogP contribution in [0.5, 0.6) is 5.75 Å². The standard InChI is InChI=1S/C26H29F2N7O4/c1-15-12-35(13-18(6-7-36)26(15,27)28)23-17(10-29)11-31-25(33-23)32-19-4-5-20-16(8-19)9-21(24(38)34(20)3)39-14-22(37)30-2/h4-5,8-9,11,15,18,36H,6-7,12-14H2,1-3H3,(H,30,37)(H,31,32,33)/t15-,18+/m1/s1. The second-order valence-electron chi connectivity index (χ2n) is 9.47. The number of carbonyl (C=O) groups is 1. The smallest absolute Gasteiger partial charge is 0.293 e. The number of aliphatic hydroxyl groups excluding tert-OH is 1. The van der Waals surface area contributed by atoms with Crippen LogP contribution in [0.2, 0.25) is 0 Å². The van der Waals surface area contributed by atoms with Crippen molar-refractivity contribution in [2.75, 3.05) is 43.6 Å². The Morgan fingerprint density at radius 2 is 2.10 bits per heavy atom. The van der Waals surface area contributed by atoms with E-state index in [2.05, 4.69) is 20.6 Å². The van der Waals surface area contributed by atoms with Crippen molar-refractivity contribution in [3.63, 3.8) is 0 Å². The molecular formula is C26H29F2N7O4. The number of rotatable bonds is 8. The van der Waals surface area contributed by atoms with Crippen LogP contribution in [0.3, 0.4) is 0 Å². The largest absolute Gasteiger partial charge is 0.478 e. The van der Waals surface area contributed by atoms with Gasteiger partial charge in [0.05, 0.1) is 11.7 Å². The van der Waals surface area contributed by atoms with Crippen LogP contribution in [0, 0.1) is 23.2 Å². The van der Waals surface area contributed by atoms with E-state index in [-0.39, 0.29) is 61.7 Å². The van der Waals surface area contributed by atoms with Crippen molar-refractivity contribution in [3.8, 4) is 11.8 Å². The molecule has 1 fully saturated rings. The number of anilines is 3. The first-order valence-corrected chi connectivity index (χ1v) is 12.3. The number of aryl methyl sites for hydroxylation is 1. The van der Waals surface area contributed by atoms with Gasteiger partial charge in [-0.15, -0.1) is 0 Å². The molecule has 3 heterocycles. The molecule has 0 bridgehead atoms. The van der Waals surface area contributed by atoms with Gasteiger partial charge < -0.3 is 29.9 Å².